The van der Waals surface area contributed by atoms with E-state index in [0.717, 1.165) is 0 Å². The summed E-state index contributed by atoms with van der Waals surface area (Å²) < 4.78 is 0. The van der Waals surface area contributed by atoms with E-state index in [-0.39, 0.29) is 6.42 Å². The minimum absolute atomic E-state index is 0.230. The molecule has 2 N–H and O–H groups in total. The van der Waals surface area contributed by atoms with Crippen LogP contribution in [0.3, 0.4) is 0 Å². The molecule has 2 unspecified atom stereocenters. The van der Waals surface area contributed by atoms with E-state index in [4.69, 9.17) is 0 Å². The lowest BCUT2D eigenvalue weighted by Gasteiger charge is -2.33. The molecule has 1 aliphatic carbocycles. The van der Waals surface area contributed by atoms with Crippen molar-refractivity contribution in [3.63, 3.8) is 0 Å². The monoisotopic (exact) mass is 354 g/mol. The molecule has 144 valence electrons. The number of hydrogen-bond acceptors (Lipinski definition) is 5. The van der Waals surface area contributed by atoms with Crippen LogP contribution in [0.1, 0.15) is 67.2 Å². The van der Waals surface area contributed by atoms with Gasteiger partial charge in [-0.25, -0.2) is 0 Å². The number of rotatable bonds is 9. The fraction of sp³-hybridized carbons (Fsp3) is 0.850. The molecule has 0 bridgehead atoms. The van der Waals surface area contributed by atoms with Gasteiger partial charge in [0.25, 0.3) is 0 Å². The third-order valence-electron chi connectivity index (χ3n) is 5.23. The maximum atomic E-state index is 12.9. The Kier molecular flexibility index (Phi) is 7.51. The molecule has 1 saturated carbocycles. The maximum Gasteiger partial charge on any atom is 0.185 e. The van der Waals surface area contributed by atoms with Gasteiger partial charge < -0.3 is 10.2 Å². The molecule has 0 aliphatic heterocycles. The van der Waals surface area contributed by atoms with Crippen LogP contribution < -0.4 is 0 Å². The molecule has 0 saturated heterocycles. The topological polar surface area (TPSA) is 91.7 Å². The van der Waals surface area contributed by atoms with Gasteiger partial charge in [0.15, 0.2) is 23.0 Å². The van der Waals surface area contributed by atoms with Gasteiger partial charge >= 0.3 is 0 Å². The quantitative estimate of drug-likeness (QED) is 0.621. The van der Waals surface area contributed by atoms with Gasteiger partial charge in [-0.3, -0.25) is 14.4 Å². The molecule has 5 heteroatoms. The van der Waals surface area contributed by atoms with Crippen LogP contribution in [0, 0.1) is 29.6 Å². The molecule has 0 aromatic carbocycles. The van der Waals surface area contributed by atoms with Crippen LogP contribution in [0.5, 0.6) is 0 Å². The number of carbonyl (C=O) groups is 3. The summed E-state index contributed by atoms with van der Waals surface area (Å²) in [7, 11) is 0. The van der Waals surface area contributed by atoms with Crippen LogP contribution in [0.4, 0.5) is 0 Å². The van der Waals surface area contributed by atoms with Gasteiger partial charge in [0.05, 0.1) is 12.0 Å². The van der Waals surface area contributed by atoms with Gasteiger partial charge in [-0.1, -0.05) is 48.0 Å². The molecule has 1 rings (SSSR count). The molecule has 1 fully saturated rings. The van der Waals surface area contributed by atoms with Crippen LogP contribution in [0.25, 0.3) is 0 Å². The molecule has 5 nitrogen and oxygen atoms in total. The Balaban J connectivity index is 3.20. The highest BCUT2D eigenvalue weighted by Crippen LogP contribution is 2.42. The lowest BCUT2D eigenvalue weighted by atomic mass is 9.78. The average Bonchev–Trinajstić information content (AvgIpc) is 2.69. The maximum absolute atomic E-state index is 12.9. The number of ketones is 3. The van der Waals surface area contributed by atoms with Crippen LogP contribution in [-0.4, -0.2) is 39.3 Å². The highest BCUT2D eigenvalue weighted by atomic mass is 16.4. The largest absolute Gasteiger partial charge is 0.390 e. The summed E-state index contributed by atoms with van der Waals surface area (Å²) >= 11 is 0. The van der Waals surface area contributed by atoms with E-state index in [1.54, 1.807) is 13.8 Å². The summed E-state index contributed by atoms with van der Waals surface area (Å²) in [6, 6.07) is 0. The second kappa shape index (κ2) is 8.54. The molecular weight excluding hydrogens is 320 g/mol. The molecule has 0 aromatic heterocycles. The number of aliphatic hydroxyl groups excluding tert-OH is 1. The van der Waals surface area contributed by atoms with Crippen LogP contribution in [0.15, 0.2) is 0 Å². The van der Waals surface area contributed by atoms with Crippen LogP contribution in [0.2, 0.25) is 0 Å². The lowest BCUT2D eigenvalue weighted by molar-refractivity contribution is -0.158. The molecular formula is C20H34O5. The van der Waals surface area contributed by atoms with E-state index in [1.165, 1.54) is 0 Å². The second-order valence-electron chi connectivity index (χ2n) is 8.59. The Bertz CT molecular complexity index is 508. The Morgan fingerprint density at radius 1 is 1.00 bits per heavy atom. The zero-order chi connectivity index (χ0) is 19.5. The molecule has 0 aromatic rings. The van der Waals surface area contributed by atoms with Crippen molar-refractivity contribution in [3.05, 3.63) is 0 Å². The van der Waals surface area contributed by atoms with Gasteiger partial charge in [0.2, 0.25) is 0 Å². The third-order valence-corrected chi connectivity index (χ3v) is 5.23. The lowest BCUT2D eigenvalue weighted by Crippen LogP contribution is -2.52. The molecule has 25 heavy (non-hydrogen) atoms. The van der Waals surface area contributed by atoms with Gasteiger partial charge in [-0.15, -0.1) is 0 Å². The van der Waals surface area contributed by atoms with E-state index in [1.807, 2.05) is 27.7 Å². The summed E-state index contributed by atoms with van der Waals surface area (Å²) in [5.74, 6) is -4.10. The second-order valence-corrected chi connectivity index (χ2v) is 8.59. The van der Waals surface area contributed by atoms with E-state index >= 15 is 0 Å². The van der Waals surface area contributed by atoms with E-state index < -0.39 is 46.8 Å². The van der Waals surface area contributed by atoms with Crippen LogP contribution in [-0.2, 0) is 14.4 Å². The SMILES string of the molecule is CC(C)CCC1C(=O)C(C(=O)C(C)C)C(=O)[C@@]1(O)[C@@H](O)CCC(C)C. The van der Waals surface area contributed by atoms with Gasteiger partial charge in [0, 0.05) is 5.92 Å². The van der Waals surface area contributed by atoms with Gasteiger partial charge in [-0.05, 0) is 31.1 Å². The number of carbonyl (C=O) groups excluding carboxylic acids is 3. The normalized spacial score (nSPS) is 28.4. The van der Waals surface area contributed by atoms with E-state index in [9.17, 15) is 24.6 Å². The zero-order valence-electron chi connectivity index (χ0n) is 16.4. The standard InChI is InChI=1S/C20H34O5/c1-11(2)7-9-14-18(23)16(17(22)13(5)6)19(24)20(14,25)15(21)10-8-12(3)4/h11-16,21,25H,7-10H2,1-6H3/t14?,15-,16?,20-/m0/s1. The molecule has 4 atom stereocenters. The average molecular weight is 354 g/mol. The van der Waals surface area contributed by atoms with E-state index in [2.05, 4.69) is 0 Å². The Morgan fingerprint density at radius 3 is 1.96 bits per heavy atom. The Morgan fingerprint density at radius 2 is 1.52 bits per heavy atom. The van der Waals surface area contributed by atoms with Gasteiger partial charge in [-0.2, -0.15) is 0 Å². The van der Waals surface area contributed by atoms with Crippen molar-refractivity contribution in [2.24, 2.45) is 29.6 Å². The molecule has 1 aliphatic rings. The van der Waals surface area contributed by atoms with Crippen molar-refractivity contribution in [1.82, 2.24) is 0 Å². The third kappa shape index (κ3) is 4.56. The fourth-order valence-electron chi connectivity index (χ4n) is 3.52. The van der Waals surface area contributed by atoms with Crippen molar-refractivity contribution in [2.45, 2.75) is 78.9 Å². The minimum Gasteiger partial charge on any atom is -0.390 e. The van der Waals surface area contributed by atoms with Crippen molar-refractivity contribution >= 4 is 17.3 Å². The summed E-state index contributed by atoms with van der Waals surface area (Å²) in [5, 5.41) is 21.7. The first-order valence-electron chi connectivity index (χ1n) is 9.46. The van der Waals surface area contributed by atoms with E-state index in [0.29, 0.717) is 31.1 Å². The van der Waals surface area contributed by atoms with Crippen molar-refractivity contribution < 1.29 is 24.6 Å². The Labute approximate surface area is 151 Å². The number of aliphatic hydroxyl groups is 2. The first-order chi connectivity index (χ1) is 11.4. The highest BCUT2D eigenvalue weighted by Gasteiger charge is 2.64. The minimum atomic E-state index is -2.14. The summed E-state index contributed by atoms with van der Waals surface area (Å²) in [4.78, 5) is 38.1. The molecule has 0 radical (unpaired) electrons. The Hall–Kier alpha value is -1.07. The summed E-state index contributed by atoms with van der Waals surface area (Å²) in [6.45, 7) is 11.2. The fourth-order valence-corrected chi connectivity index (χ4v) is 3.52. The molecule has 0 spiro atoms. The summed E-state index contributed by atoms with van der Waals surface area (Å²) in [5.41, 5.74) is -2.14. The zero-order valence-corrected chi connectivity index (χ0v) is 16.4. The van der Waals surface area contributed by atoms with Crippen molar-refractivity contribution in [2.75, 3.05) is 0 Å². The van der Waals surface area contributed by atoms with Gasteiger partial charge in [0.1, 0.15) is 5.92 Å². The van der Waals surface area contributed by atoms with Crippen molar-refractivity contribution in [3.8, 4) is 0 Å². The predicted octanol–water partition coefficient (Wildman–Crippen LogP) is 2.56. The van der Waals surface area contributed by atoms with Crippen LogP contribution >= 0.6 is 0 Å². The predicted molar refractivity (Wildman–Crippen MR) is 95.9 cm³/mol. The molecule has 0 heterocycles. The highest BCUT2D eigenvalue weighted by molar-refractivity contribution is 6.27. The first-order valence-corrected chi connectivity index (χ1v) is 9.46. The number of hydrogen-bond donors (Lipinski definition) is 2. The smallest absolute Gasteiger partial charge is 0.185 e. The molecule has 0 amide bonds. The number of Topliss-reactive ketones (excluding diaryl/α,β-unsaturated/α-hetero) is 3. The van der Waals surface area contributed by atoms with Crippen molar-refractivity contribution in [1.29, 1.82) is 0 Å². The first kappa shape index (κ1) is 22.0. The summed E-state index contributed by atoms with van der Waals surface area (Å²) in [6.07, 6.45) is 0.483.